The van der Waals surface area contributed by atoms with Crippen molar-refractivity contribution in [3.05, 3.63) is 90.5 Å². The quantitative estimate of drug-likeness (QED) is 0.237. The number of hydrogen-bond acceptors (Lipinski definition) is 5. The van der Waals surface area contributed by atoms with E-state index in [4.69, 9.17) is 16.3 Å². The zero-order valence-corrected chi connectivity index (χ0v) is 26.1. The molecule has 2 bridgehead atoms. The number of ether oxygens (including phenoxy) is 1. The number of carbonyl (C=O) groups excluding carboxylic acids is 3. The van der Waals surface area contributed by atoms with Crippen molar-refractivity contribution in [1.82, 2.24) is 9.80 Å². The number of benzene rings is 2. The Morgan fingerprint density at radius 1 is 1.05 bits per heavy atom. The van der Waals surface area contributed by atoms with Gasteiger partial charge in [-0.2, -0.15) is 0 Å². The molecule has 44 heavy (non-hydrogen) atoms. The smallest absolute Gasteiger partial charge is 0.253 e. The second-order valence-corrected chi connectivity index (χ2v) is 12.4. The Bertz CT molecular complexity index is 1400. The van der Waals surface area contributed by atoms with Gasteiger partial charge in [0.05, 0.1) is 28.1 Å². The Morgan fingerprint density at radius 3 is 2.41 bits per heavy atom. The molecule has 3 aliphatic rings. The van der Waals surface area contributed by atoms with Crippen molar-refractivity contribution in [2.45, 2.75) is 62.8 Å². The van der Waals surface area contributed by atoms with Gasteiger partial charge in [0.15, 0.2) is 0 Å². The van der Waals surface area contributed by atoms with Crippen LogP contribution in [0.15, 0.2) is 79.9 Å². The Labute approximate surface area is 264 Å². The van der Waals surface area contributed by atoms with Gasteiger partial charge in [0, 0.05) is 32.8 Å². The molecule has 1 N–H and O–H groups in total. The summed E-state index contributed by atoms with van der Waals surface area (Å²) in [4.78, 5) is 48.8. The van der Waals surface area contributed by atoms with E-state index in [1.165, 1.54) is 0 Å². The maximum absolute atomic E-state index is 14.7. The first-order chi connectivity index (χ1) is 21.3. The van der Waals surface area contributed by atoms with Crippen LogP contribution in [0.25, 0.3) is 0 Å². The van der Waals surface area contributed by atoms with E-state index in [1.807, 2.05) is 43.3 Å². The lowest BCUT2D eigenvalue weighted by Gasteiger charge is -2.37. The predicted octanol–water partition coefficient (Wildman–Crippen LogP) is 5.00. The Hall–Kier alpha value is -3.46. The van der Waals surface area contributed by atoms with Crippen LogP contribution in [0, 0.1) is 11.8 Å². The monoisotopic (exact) mass is 619 g/mol. The Balaban J connectivity index is 1.58. The molecule has 3 aliphatic heterocycles. The SMILES string of the molecule is C=CCN(Cc1ccccc1)C(=O)[C@H]1[C@H]2C(=O)N(CCCCO)C(C(=O)N(CC=C)c3ccccc3Cl)C23CC[C@]1(CC)O3. The molecule has 2 aromatic rings. The number of hydrogen-bond donors (Lipinski definition) is 1. The van der Waals surface area contributed by atoms with Crippen LogP contribution in [0.2, 0.25) is 5.02 Å². The molecule has 2 aromatic carbocycles. The molecule has 0 aliphatic carbocycles. The van der Waals surface area contributed by atoms with Crippen LogP contribution in [0.4, 0.5) is 5.69 Å². The van der Waals surface area contributed by atoms with Gasteiger partial charge in [-0.15, -0.1) is 13.2 Å². The number of nitrogens with zero attached hydrogens (tertiary/aromatic N) is 3. The highest BCUT2D eigenvalue weighted by atomic mass is 35.5. The van der Waals surface area contributed by atoms with Crippen LogP contribution in [-0.2, 0) is 25.7 Å². The van der Waals surface area contributed by atoms with Crippen LogP contribution in [-0.4, -0.2) is 76.1 Å². The number of anilines is 1. The lowest BCUT2D eigenvalue weighted by Crippen LogP contribution is -2.56. The van der Waals surface area contributed by atoms with Crippen molar-refractivity contribution in [1.29, 1.82) is 0 Å². The lowest BCUT2D eigenvalue weighted by molar-refractivity contribution is -0.151. The summed E-state index contributed by atoms with van der Waals surface area (Å²) in [6.45, 7) is 10.9. The number of unbranched alkanes of at least 4 members (excludes halogenated alkanes) is 1. The summed E-state index contributed by atoms with van der Waals surface area (Å²) in [5, 5.41) is 9.92. The Morgan fingerprint density at radius 2 is 1.75 bits per heavy atom. The lowest BCUT2D eigenvalue weighted by atomic mass is 9.64. The summed E-state index contributed by atoms with van der Waals surface area (Å²) in [6, 6.07) is 15.9. The topological polar surface area (TPSA) is 90.4 Å². The number of likely N-dealkylation sites (tertiary alicyclic amines) is 1. The standard InChI is InChI=1S/C35H42ClN3O5/c1-4-20-37(24-25-14-8-7-9-15-25)31(41)28-29-32(42)39(22-12-13-23-40)30(35(29)19-18-34(28,6-3)44-35)33(43)38(21-5-2)27-17-11-10-16-26(27)36/h4-5,7-11,14-17,28-30,40H,1-2,6,12-13,18-24H2,3H3/t28-,29+,30?,34+,35?/m1/s1. The minimum atomic E-state index is -1.17. The Kier molecular flexibility index (Phi) is 9.63. The van der Waals surface area contributed by atoms with E-state index in [0.717, 1.165) is 5.56 Å². The molecule has 3 saturated heterocycles. The second-order valence-electron chi connectivity index (χ2n) is 12.0. The van der Waals surface area contributed by atoms with E-state index in [9.17, 15) is 19.5 Å². The zero-order chi connectivity index (χ0) is 31.5. The number of halogens is 1. The van der Waals surface area contributed by atoms with Crippen LogP contribution < -0.4 is 4.90 Å². The van der Waals surface area contributed by atoms with Crippen LogP contribution in [0.3, 0.4) is 0 Å². The first-order valence-electron chi connectivity index (χ1n) is 15.5. The van der Waals surface area contributed by atoms with E-state index < -0.39 is 29.1 Å². The minimum Gasteiger partial charge on any atom is -0.396 e. The fourth-order valence-corrected chi connectivity index (χ4v) is 7.89. The van der Waals surface area contributed by atoms with Crippen molar-refractivity contribution in [2.75, 3.05) is 31.1 Å². The molecule has 3 amide bonds. The van der Waals surface area contributed by atoms with E-state index >= 15 is 0 Å². The van der Waals surface area contributed by atoms with Gasteiger partial charge in [0.2, 0.25) is 11.8 Å². The van der Waals surface area contributed by atoms with Gasteiger partial charge in [0.1, 0.15) is 11.6 Å². The van der Waals surface area contributed by atoms with Crippen LogP contribution in [0.1, 0.15) is 44.6 Å². The van der Waals surface area contributed by atoms with Gasteiger partial charge in [-0.1, -0.05) is 73.1 Å². The van der Waals surface area contributed by atoms with Crippen molar-refractivity contribution >= 4 is 35.0 Å². The highest BCUT2D eigenvalue weighted by Crippen LogP contribution is 2.64. The zero-order valence-electron chi connectivity index (χ0n) is 25.4. The highest BCUT2D eigenvalue weighted by molar-refractivity contribution is 6.34. The summed E-state index contributed by atoms with van der Waals surface area (Å²) >= 11 is 6.58. The number of carbonyl (C=O) groups is 3. The number of rotatable bonds is 14. The fourth-order valence-electron chi connectivity index (χ4n) is 7.65. The molecule has 0 aromatic heterocycles. The summed E-state index contributed by atoms with van der Waals surface area (Å²) in [5.74, 6) is -2.28. The van der Waals surface area contributed by atoms with Crippen molar-refractivity contribution in [3.8, 4) is 0 Å². The summed E-state index contributed by atoms with van der Waals surface area (Å²) in [6.07, 6.45) is 5.91. The van der Waals surface area contributed by atoms with E-state index in [1.54, 1.807) is 45.1 Å². The molecule has 3 heterocycles. The molecule has 234 valence electrons. The van der Waals surface area contributed by atoms with E-state index in [2.05, 4.69) is 13.2 Å². The predicted molar refractivity (Wildman–Crippen MR) is 171 cm³/mol. The van der Waals surface area contributed by atoms with Crippen LogP contribution >= 0.6 is 11.6 Å². The largest absolute Gasteiger partial charge is 0.396 e. The second kappa shape index (κ2) is 13.3. The molecule has 0 saturated carbocycles. The first kappa shape index (κ1) is 31.9. The molecule has 2 unspecified atom stereocenters. The normalized spacial score (nSPS) is 26.8. The highest BCUT2D eigenvalue weighted by Gasteiger charge is 2.79. The number of fused-ring (bicyclic) bond motifs is 1. The van der Waals surface area contributed by atoms with Crippen molar-refractivity contribution in [3.63, 3.8) is 0 Å². The van der Waals surface area contributed by atoms with Crippen molar-refractivity contribution < 1.29 is 24.2 Å². The molecule has 3 fully saturated rings. The van der Waals surface area contributed by atoms with E-state index in [0.29, 0.717) is 55.9 Å². The first-order valence-corrected chi connectivity index (χ1v) is 15.9. The number of para-hydroxylation sites is 1. The van der Waals surface area contributed by atoms with Gasteiger partial charge in [0.25, 0.3) is 5.91 Å². The number of aliphatic hydroxyl groups excluding tert-OH is 1. The molecule has 0 radical (unpaired) electrons. The van der Waals surface area contributed by atoms with Gasteiger partial charge < -0.3 is 24.5 Å². The fraction of sp³-hybridized carbons (Fsp3) is 0.457. The third-order valence-corrected chi connectivity index (χ3v) is 9.91. The van der Waals surface area contributed by atoms with E-state index in [-0.39, 0.29) is 37.4 Å². The van der Waals surface area contributed by atoms with Gasteiger partial charge in [-0.25, -0.2) is 0 Å². The maximum Gasteiger partial charge on any atom is 0.253 e. The molecule has 9 heteroatoms. The average molecular weight is 620 g/mol. The summed E-state index contributed by atoms with van der Waals surface area (Å²) in [7, 11) is 0. The molecular formula is C35H42ClN3O5. The number of aliphatic hydroxyl groups is 1. The molecule has 5 atom stereocenters. The molecule has 5 rings (SSSR count). The minimum absolute atomic E-state index is 0.0238. The third kappa shape index (κ3) is 5.37. The number of amides is 3. The molecule has 1 spiro atoms. The third-order valence-electron chi connectivity index (χ3n) is 9.59. The molecular weight excluding hydrogens is 578 g/mol. The van der Waals surface area contributed by atoms with Gasteiger partial charge in [-0.3, -0.25) is 14.4 Å². The van der Waals surface area contributed by atoms with Gasteiger partial charge in [-0.05, 0) is 49.8 Å². The average Bonchev–Trinajstić information content (AvgIpc) is 3.63. The maximum atomic E-state index is 14.7. The van der Waals surface area contributed by atoms with Crippen LogP contribution in [0.5, 0.6) is 0 Å². The molecule has 8 nitrogen and oxygen atoms in total. The summed E-state index contributed by atoms with van der Waals surface area (Å²) in [5.41, 5.74) is -0.538. The van der Waals surface area contributed by atoms with Crippen molar-refractivity contribution in [2.24, 2.45) is 11.8 Å². The summed E-state index contributed by atoms with van der Waals surface area (Å²) < 4.78 is 6.98. The van der Waals surface area contributed by atoms with Gasteiger partial charge >= 0.3 is 0 Å².